The van der Waals surface area contributed by atoms with Crippen molar-refractivity contribution in [2.75, 3.05) is 5.32 Å². The Morgan fingerprint density at radius 1 is 1.62 bits per heavy atom. The molecular weight excluding hydrogens is 235 g/mol. The van der Waals surface area contributed by atoms with Gasteiger partial charge in [-0.25, -0.2) is 4.39 Å². The van der Waals surface area contributed by atoms with Gasteiger partial charge in [-0.2, -0.15) is 0 Å². The van der Waals surface area contributed by atoms with Gasteiger partial charge in [0.2, 0.25) is 0 Å². The average Bonchev–Trinajstić information content (AvgIpc) is 2.62. The first-order chi connectivity index (χ1) is 7.59. The second-order valence-corrected chi connectivity index (χ2v) is 3.54. The lowest BCUT2D eigenvalue weighted by atomic mass is 10.4. The van der Waals surface area contributed by atoms with Crippen molar-refractivity contribution in [3.63, 3.8) is 0 Å². The molecule has 0 aliphatic carbocycles. The van der Waals surface area contributed by atoms with Crippen molar-refractivity contribution in [1.29, 1.82) is 0 Å². The lowest BCUT2D eigenvalue weighted by Crippen LogP contribution is -2.19. The van der Waals surface area contributed by atoms with Crippen LogP contribution in [-0.2, 0) is 4.79 Å². The fraction of sp³-hybridized carbons (Fsp3) is 0.222. The molecular formula is C9H8ClFN4O. The molecule has 0 spiro atoms. The lowest BCUT2D eigenvalue weighted by molar-refractivity contribution is -0.118. The van der Waals surface area contributed by atoms with E-state index < -0.39 is 11.5 Å². The topological polar surface area (TPSA) is 59.3 Å². The standard InChI is InChI=1S/C9H8ClFN4O/c1-5-13-14-8-6(3-2-4-15(5)8)12-9(16)7(10)11/h2-4,7H,1H3,(H,12,16). The Kier molecular flexibility index (Phi) is 2.74. The highest BCUT2D eigenvalue weighted by Crippen LogP contribution is 2.16. The van der Waals surface area contributed by atoms with Gasteiger partial charge in [-0.15, -0.1) is 10.2 Å². The van der Waals surface area contributed by atoms with E-state index in [0.717, 1.165) is 0 Å². The highest BCUT2D eigenvalue weighted by molar-refractivity contribution is 6.31. The number of nitrogens with zero attached hydrogens (tertiary/aromatic N) is 3. The number of alkyl halides is 2. The van der Waals surface area contributed by atoms with Crippen LogP contribution in [0.1, 0.15) is 5.82 Å². The Morgan fingerprint density at radius 3 is 3.06 bits per heavy atom. The minimum absolute atomic E-state index is 0.372. The Labute approximate surface area is 95.2 Å². The molecule has 1 unspecified atom stereocenters. The molecule has 0 aliphatic heterocycles. The van der Waals surface area contributed by atoms with E-state index in [2.05, 4.69) is 15.5 Å². The number of pyridine rings is 1. The summed E-state index contributed by atoms with van der Waals surface area (Å²) < 4.78 is 14.2. The summed E-state index contributed by atoms with van der Waals surface area (Å²) in [6.07, 6.45) is 1.74. The highest BCUT2D eigenvalue weighted by atomic mass is 35.5. The third-order valence-corrected chi connectivity index (χ3v) is 2.26. The van der Waals surface area contributed by atoms with Gasteiger partial charge in [0.1, 0.15) is 5.82 Å². The number of nitrogens with one attached hydrogen (secondary N) is 1. The summed E-state index contributed by atoms with van der Waals surface area (Å²) in [4.78, 5) is 11.1. The van der Waals surface area contributed by atoms with Crippen LogP contribution in [0.15, 0.2) is 18.3 Å². The molecule has 1 atom stereocenters. The number of carbonyl (C=O) groups is 1. The quantitative estimate of drug-likeness (QED) is 0.812. The van der Waals surface area contributed by atoms with Crippen LogP contribution in [0.5, 0.6) is 0 Å². The summed E-state index contributed by atoms with van der Waals surface area (Å²) in [5.41, 5.74) is -1.26. The molecule has 7 heteroatoms. The van der Waals surface area contributed by atoms with Crippen molar-refractivity contribution >= 4 is 28.8 Å². The summed E-state index contributed by atoms with van der Waals surface area (Å²) in [6, 6.07) is 3.29. The Morgan fingerprint density at radius 2 is 2.38 bits per heavy atom. The SMILES string of the molecule is Cc1nnc2c(NC(=O)C(F)Cl)cccn12. The van der Waals surface area contributed by atoms with Gasteiger partial charge in [-0.05, 0) is 19.1 Å². The molecule has 0 radical (unpaired) electrons. The summed E-state index contributed by atoms with van der Waals surface area (Å²) in [5.74, 6) is -0.246. The maximum atomic E-state index is 12.5. The molecule has 2 heterocycles. The number of aromatic nitrogens is 3. The van der Waals surface area contributed by atoms with E-state index in [1.807, 2.05) is 0 Å². The molecule has 0 bridgehead atoms. The number of carbonyl (C=O) groups excluding carboxylic acids is 1. The van der Waals surface area contributed by atoms with Crippen LogP contribution in [0.3, 0.4) is 0 Å². The summed E-state index contributed by atoms with van der Waals surface area (Å²) in [5, 5.41) is 10.0. The van der Waals surface area contributed by atoms with E-state index in [9.17, 15) is 9.18 Å². The fourth-order valence-electron chi connectivity index (χ4n) is 1.32. The molecule has 0 fully saturated rings. The molecule has 2 aromatic heterocycles. The van der Waals surface area contributed by atoms with Gasteiger partial charge in [-0.1, -0.05) is 11.6 Å². The van der Waals surface area contributed by atoms with Gasteiger partial charge in [0.05, 0.1) is 5.69 Å². The van der Waals surface area contributed by atoms with E-state index in [1.165, 1.54) is 0 Å². The fourth-order valence-corrected chi connectivity index (χ4v) is 1.37. The first-order valence-electron chi connectivity index (χ1n) is 4.49. The highest BCUT2D eigenvalue weighted by Gasteiger charge is 2.15. The third-order valence-electron chi connectivity index (χ3n) is 2.06. The lowest BCUT2D eigenvalue weighted by Gasteiger charge is -2.05. The van der Waals surface area contributed by atoms with Crippen LogP contribution in [0.4, 0.5) is 10.1 Å². The van der Waals surface area contributed by atoms with Crippen molar-refractivity contribution in [1.82, 2.24) is 14.6 Å². The number of anilines is 1. The zero-order chi connectivity index (χ0) is 11.7. The molecule has 1 amide bonds. The van der Waals surface area contributed by atoms with Gasteiger partial charge in [0, 0.05) is 6.20 Å². The summed E-state index contributed by atoms with van der Waals surface area (Å²) >= 11 is 5.01. The van der Waals surface area contributed by atoms with Crippen molar-refractivity contribution in [3.8, 4) is 0 Å². The van der Waals surface area contributed by atoms with E-state index in [-0.39, 0.29) is 0 Å². The number of hydrogen-bond donors (Lipinski definition) is 1. The van der Waals surface area contributed by atoms with Gasteiger partial charge >= 0.3 is 0 Å². The molecule has 84 valence electrons. The van der Waals surface area contributed by atoms with Gasteiger partial charge in [0.25, 0.3) is 11.5 Å². The summed E-state index contributed by atoms with van der Waals surface area (Å²) in [6.45, 7) is 1.77. The van der Waals surface area contributed by atoms with Crippen molar-refractivity contribution < 1.29 is 9.18 Å². The number of aryl methyl sites for hydroxylation is 1. The molecule has 5 nitrogen and oxygen atoms in total. The van der Waals surface area contributed by atoms with Crippen molar-refractivity contribution in [3.05, 3.63) is 24.2 Å². The van der Waals surface area contributed by atoms with E-state index in [4.69, 9.17) is 11.6 Å². The monoisotopic (exact) mass is 242 g/mol. The number of amides is 1. The first-order valence-corrected chi connectivity index (χ1v) is 4.92. The molecule has 0 saturated carbocycles. The molecule has 0 saturated heterocycles. The van der Waals surface area contributed by atoms with E-state index >= 15 is 0 Å². The second kappa shape index (κ2) is 4.05. The molecule has 2 rings (SSSR count). The minimum Gasteiger partial charge on any atom is -0.319 e. The molecule has 0 aromatic carbocycles. The van der Waals surface area contributed by atoms with Crippen molar-refractivity contribution in [2.45, 2.75) is 12.6 Å². The van der Waals surface area contributed by atoms with E-state index in [1.54, 1.807) is 29.7 Å². The third kappa shape index (κ3) is 1.83. The normalized spacial score (nSPS) is 12.7. The minimum atomic E-state index is -2.08. The van der Waals surface area contributed by atoms with Crippen LogP contribution < -0.4 is 5.32 Å². The predicted octanol–water partition coefficient (Wildman–Crippen LogP) is 1.51. The van der Waals surface area contributed by atoms with Crippen molar-refractivity contribution in [2.24, 2.45) is 0 Å². The molecule has 1 N–H and O–H groups in total. The van der Waals surface area contributed by atoms with Gasteiger partial charge < -0.3 is 5.32 Å². The van der Waals surface area contributed by atoms with Gasteiger partial charge in [-0.3, -0.25) is 9.20 Å². The van der Waals surface area contributed by atoms with Crippen LogP contribution in [0.2, 0.25) is 0 Å². The smallest absolute Gasteiger partial charge is 0.274 e. The number of hydrogen-bond acceptors (Lipinski definition) is 3. The molecule has 16 heavy (non-hydrogen) atoms. The Hall–Kier alpha value is -1.69. The maximum absolute atomic E-state index is 12.5. The zero-order valence-corrected chi connectivity index (χ0v) is 9.07. The zero-order valence-electron chi connectivity index (χ0n) is 8.32. The van der Waals surface area contributed by atoms with Crippen LogP contribution in [0.25, 0.3) is 5.65 Å². The van der Waals surface area contributed by atoms with Crippen LogP contribution in [0, 0.1) is 6.92 Å². The van der Waals surface area contributed by atoms with Crippen LogP contribution >= 0.6 is 11.6 Å². The number of rotatable bonds is 2. The Balaban J connectivity index is 2.41. The predicted molar refractivity (Wildman–Crippen MR) is 57.1 cm³/mol. The Bertz CT molecular complexity index is 539. The summed E-state index contributed by atoms with van der Waals surface area (Å²) in [7, 11) is 0. The maximum Gasteiger partial charge on any atom is 0.274 e. The largest absolute Gasteiger partial charge is 0.319 e. The van der Waals surface area contributed by atoms with E-state index in [0.29, 0.717) is 17.2 Å². The number of halogens is 2. The first kappa shape index (κ1) is 10.8. The van der Waals surface area contributed by atoms with Crippen LogP contribution in [-0.4, -0.2) is 26.1 Å². The molecule has 2 aromatic rings. The average molecular weight is 243 g/mol. The number of fused-ring (bicyclic) bond motifs is 1. The molecule has 0 aliphatic rings. The van der Waals surface area contributed by atoms with Gasteiger partial charge in [0.15, 0.2) is 5.65 Å². The second-order valence-electron chi connectivity index (χ2n) is 3.15.